The molecule has 0 saturated carbocycles. The lowest BCUT2D eigenvalue weighted by Gasteiger charge is -2.10. The maximum Gasteiger partial charge on any atom is 0.255 e. The quantitative estimate of drug-likeness (QED) is 0.598. The van der Waals surface area contributed by atoms with Crippen LogP contribution in [0.3, 0.4) is 0 Å². The SMILES string of the molecule is Cc1cc(NN)ccc1C(=O)Nc1ccc2c(c1)CCC2. The molecule has 1 aliphatic rings. The number of nitrogens with one attached hydrogen (secondary N) is 2. The van der Waals surface area contributed by atoms with Crippen LogP contribution in [0.25, 0.3) is 0 Å². The van der Waals surface area contributed by atoms with Gasteiger partial charge < -0.3 is 10.7 Å². The molecule has 0 fully saturated rings. The van der Waals surface area contributed by atoms with E-state index in [-0.39, 0.29) is 5.91 Å². The molecule has 0 aliphatic heterocycles. The van der Waals surface area contributed by atoms with E-state index in [1.54, 1.807) is 12.1 Å². The number of hydrogen-bond acceptors (Lipinski definition) is 3. The van der Waals surface area contributed by atoms with Crippen LogP contribution in [-0.4, -0.2) is 5.91 Å². The zero-order chi connectivity index (χ0) is 14.8. The van der Waals surface area contributed by atoms with Gasteiger partial charge in [0.15, 0.2) is 0 Å². The second-order valence-electron chi connectivity index (χ2n) is 5.47. The van der Waals surface area contributed by atoms with Gasteiger partial charge >= 0.3 is 0 Å². The average molecular weight is 281 g/mol. The first-order chi connectivity index (χ1) is 10.2. The number of benzene rings is 2. The Morgan fingerprint density at radius 2 is 1.81 bits per heavy atom. The van der Waals surface area contributed by atoms with Crippen LogP contribution >= 0.6 is 0 Å². The summed E-state index contributed by atoms with van der Waals surface area (Å²) in [5, 5.41) is 2.98. The molecule has 0 atom stereocenters. The largest absolute Gasteiger partial charge is 0.324 e. The zero-order valence-electron chi connectivity index (χ0n) is 12.1. The van der Waals surface area contributed by atoms with Crippen molar-refractivity contribution in [2.24, 2.45) is 5.84 Å². The lowest BCUT2D eigenvalue weighted by atomic mass is 10.1. The summed E-state index contributed by atoms with van der Waals surface area (Å²) in [6, 6.07) is 11.6. The number of hydrogen-bond donors (Lipinski definition) is 3. The number of aryl methyl sites for hydroxylation is 3. The van der Waals surface area contributed by atoms with E-state index in [1.807, 2.05) is 19.1 Å². The van der Waals surface area contributed by atoms with Crippen LogP contribution in [0, 0.1) is 6.92 Å². The van der Waals surface area contributed by atoms with E-state index in [9.17, 15) is 4.79 Å². The van der Waals surface area contributed by atoms with Gasteiger partial charge in [-0.1, -0.05) is 6.07 Å². The van der Waals surface area contributed by atoms with Gasteiger partial charge in [0.05, 0.1) is 0 Å². The highest BCUT2D eigenvalue weighted by atomic mass is 16.1. The Hall–Kier alpha value is -2.33. The maximum absolute atomic E-state index is 12.4. The molecule has 0 heterocycles. The first-order valence-electron chi connectivity index (χ1n) is 7.18. The van der Waals surface area contributed by atoms with Crippen molar-refractivity contribution >= 4 is 17.3 Å². The number of nitrogens with two attached hydrogens (primary N) is 1. The summed E-state index contributed by atoms with van der Waals surface area (Å²) in [5.74, 6) is 5.28. The van der Waals surface area contributed by atoms with Crippen molar-refractivity contribution in [1.82, 2.24) is 0 Å². The Labute approximate surface area is 124 Å². The van der Waals surface area contributed by atoms with E-state index >= 15 is 0 Å². The summed E-state index contributed by atoms with van der Waals surface area (Å²) in [6.07, 6.45) is 3.46. The molecule has 1 amide bonds. The first-order valence-corrected chi connectivity index (χ1v) is 7.18. The van der Waals surface area contributed by atoms with Crippen LogP contribution in [0.1, 0.15) is 33.5 Å². The Morgan fingerprint density at radius 1 is 1.05 bits per heavy atom. The molecule has 2 aromatic rings. The van der Waals surface area contributed by atoms with Crippen molar-refractivity contribution in [2.45, 2.75) is 26.2 Å². The third-order valence-electron chi connectivity index (χ3n) is 3.99. The number of hydrazine groups is 1. The van der Waals surface area contributed by atoms with Gasteiger partial charge in [0.1, 0.15) is 0 Å². The molecule has 2 aromatic carbocycles. The van der Waals surface area contributed by atoms with Gasteiger partial charge in [-0.2, -0.15) is 0 Å². The summed E-state index contributed by atoms with van der Waals surface area (Å²) in [6.45, 7) is 1.90. The predicted octanol–water partition coefficient (Wildman–Crippen LogP) is 3.02. The Bertz CT molecular complexity index is 694. The van der Waals surface area contributed by atoms with Gasteiger partial charge in [-0.25, -0.2) is 0 Å². The van der Waals surface area contributed by atoms with Crippen molar-refractivity contribution in [3.05, 3.63) is 58.7 Å². The normalized spacial score (nSPS) is 12.9. The van der Waals surface area contributed by atoms with Crippen molar-refractivity contribution in [3.8, 4) is 0 Å². The van der Waals surface area contributed by atoms with Crippen molar-refractivity contribution in [1.29, 1.82) is 0 Å². The summed E-state index contributed by atoms with van der Waals surface area (Å²) >= 11 is 0. The lowest BCUT2D eigenvalue weighted by Crippen LogP contribution is -2.14. The zero-order valence-corrected chi connectivity index (χ0v) is 12.1. The molecule has 3 rings (SSSR count). The van der Waals surface area contributed by atoms with Gasteiger partial charge in [-0.15, -0.1) is 0 Å². The number of fused-ring (bicyclic) bond motifs is 1. The lowest BCUT2D eigenvalue weighted by molar-refractivity contribution is 0.102. The molecule has 21 heavy (non-hydrogen) atoms. The molecule has 0 radical (unpaired) electrons. The van der Waals surface area contributed by atoms with E-state index in [0.29, 0.717) is 5.56 Å². The highest BCUT2D eigenvalue weighted by Crippen LogP contribution is 2.25. The number of nitrogen functional groups attached to an aromatic ring is 1. The molecule has 108 valence electrons. The number of anilines is 2. The fourth-order valence-corrected chi connectivity index (χ4v) is 2.86. The Morgan fingerprint density at radius 3 is 2.57 bits per heavy atom. The summed E-state index contributed by atoms with van der Waals surface area (Å²) in [4.78, 5) is 12.4. The smallest absolute Gasteiger partial charge is 0.255 e. The molecular formula is C17H19N3O. The van der Waals surface area contributed by atoms with Crippen molar-refractivity contribution in [2.75, 3.05) is 10.7 Å². The minimum absolute atomic E-state index is 0.0889. The topological polar surface area (TPSA) is 67.1 Å². The van der Waals surface area contributed by atoms with E-state index < -0.39 is 0 Å². The number of rotatable bonds is 3. The molecule has 1 aliphatic carbocycles. The Balaban J connectivity index is 1.80. The van der Waals surface area contributed by atoms with Gasteiger partial charge in [0.25, 0.3) is 5.91 Å². The Kier molecular flexibility index (Phi) is 3.62. The molecule has 0 spiro atoms. The maximum atomic E-state index is 12.4. The third kappa shape index (κ3) is 2.76. The van der Waals surface area contributed by atoms with E-state index in [1.165, 1.54) is 17.5 Å². The van der Waals surface area contributed by atoms with Gasteiger partial charge in [0, 0.05) is 16.9 Å². The third-order valence-corrected chi connectivity index (χ3v) is 3.99. The molecule has 4 nitrogen and oxygen atoms in total. The number of amides is 1. The summed E-state index contributed by atoms with van der Waals surface area (Å²) in [5.41, 5.74) is 8.55. The molecule has 4 heteroatoms. The van der Waals surface area contributed by atoms with Gasteiger partial charge in [-0.05, 0) is 73.2 Å². The van der Waals surface area contributed by atoms with E-state index in [2.05, 4.69) is 22.9 Å². The van der Waals surface area contributed by atoms with Crippen molar-refractivity contribution < 1.29 is 4.79 Å². The van der Waals surface area contributed by atoms with Crippen LogP contribution in [-0.2, 0) is 12.8 Å². The molecule has 0 unspecified atom stereocenters. The van der Waals surface area contributed by atoms with Gasteiger partial charge in [-0.3, -0.25) is 10.6 Å². The molecular weight excluding hydrogens is 262 g/mol. The van der Waals surface area contributed by atoms with E-state index in [4.69, 9.17) is 5.84 Å². The fourth-order valence-electron chi connectivity index (χ4n) is 2.86. The summed E-state index contributed by atoms with van der Waals surface area (Å²) in [7, 11) is 0. The monoisotopic (exact) mass is 281 g/mol. The first kappa shape index (κ1) is 13.6. The molecule has 4 N–H and O–H groups in total. The van der Waals surface area contributed by atoms with Crippen LogP contribution in [0.2, 0.25) is 0 Å². The summed E-state index contributed by atoms with van der Waals surface area (Å²) < 4.78 is 0. The fraction of sp³-hybridized carbons (Fsp3) is 0.235. The number of carbonyl (C=O) groups is 1. The van der Waals surface area contributed by atoms with E-state index in [0.717, 1.165) is 29.8 Å². The minimum atomic E-state index is -0.0889. The predicted molar refractivity (Wildman–Crippen MR) is 85.4 cm³/mol. The highest BCUT2D eigenvalue weighted by Gasteiger charge is 2.13. The second-order valence-corrected chi connectivity index (χ2v) is 5.47. The van der Waals surface area contributed by atoms with Crippen LogP contribution in [0.4, 0.5) is 11.4 Å². The van der Waals surface area contributed by atoms with Crippen LogP contribution in [0.15, 0.2) is 36.4 Å². The van der Waals surface area contributed by atoms with Gasteiger partial charge in [0.2, 0.25) is 0 Å². The molecule has 0 bridgehead atoms. The van der Waals surface area contributed by atoms with Crippen LogP contribution in [0.5, 0.6) is 0 Å². The number of carbonyl (C=O) groups excluding carboxylic acids is 1. The van der Waals surface area contributed by atoms with Crippen molar-refractivity contribution in [3.63, 3.8) is 0 Å². The second kappa shape index (κ2) is 5.58. The molecule has 0 aromatic heterocycles. The highest BCUT2D eigenvalue weighted by molar-refractivity contribution is 6.05. The average Bonchev–Trinajstić information content (AvgIpc) is 2.94. The van der Waals surface area contributed by atoms with Crippen LogP contribution < -0.4 is 16.6 Å². The minimum Gasteiger partial charge on any atom is -0.324 e. The standard InChI is InChI=1S/C17H19N3O/c1-11-9-15(20-18)7-8-16(11)17(21)19-14-6-5-12-3-2-4-13(12)10-14/h5-10,20H,2-4,18H2,1H3,(H,19,21). The molecule has 0 saturated heterocycles.